The van der Waals surface area contributed by atoms with Crippen LogP contribution in [0.4, 0.5) is 17.1 Å². The molecule has 3 nitrogen and oxygen atoms in total. The minimum atomic E-state index is -0.0261. The van der Waals surface area contributed by atoms with Crippen molar-refractivity contribution in [3.8, 4) is 50.3 Å². The number of fused-ring (bicyclic) bond motifs is 18. The summed E-state index contributed by atoms with van der Waals surface area (Å²) in [6, 6.07) is 55.4. The number of allylic oxidation sites excluding steroid dienone is 2. The van der Waals surface area contributed by atoms with Crippen LogP contribution < -0.4 is 9.64 Å². The van der Waals surface area contributed by atoms with Crippen molar-refractivity contribution in [1.82, 2.24) is 0 Å². The molecule has 2 fully saturated rings. The lowest BCUT2D eigenvalue weighted by Crippen LogP contribution is -2.13. The van der Waals surface area contributed by atoms with E-state index in [1.165, 1.54) is 122 Å². The normalized spacial score (nSPS) is 17.9. The van der Waals surface area contributed by atoms with Crippen molar-refractivity contribution >= 4 is 44.6 Å². The molecule has 2 saturated carbocycles. The van der Waals surface area contributed by atoms with Gasteiger partial charge >= 0.3 is 0 Å². The Kier molecular flexibility index (Phi) is 7.23. The minimum absolute atomic E-state index is 0.0111. The van der Waals surface area contributed by atoms with E-state index in [1.54, 1.807) is 0 Å². The third-order valence-corrected chi connectivity index (χ3v) is 16.2. The number of ether oxygens (including phenoxy) is 1. The zero-order valence-electron chi connectivity index (χ0n) is 37.5. The SMILES string of the molecule is Cc1ccc(-c2cc3c(c4c2OC2CC=CC=C42)-c2ccc(N(c4ccc(C)cc4)c4ccc5c(c4)C4(CC4)c4cc(-c6ccc(C)cc6)c6oc7ccccc7c6c4-5)cc2C32CC2)cc1. The lowest BCUT2D eigenvalue weighted by atomic mass is 9.85. The summed E-state index contributed by atoms with van der Waals surface area (Å²) in [6.07, 6.45) is 12.3. The largest absolute Gasteiger partial charge is 0.484 e. The first-order valence-electron chi connectivity index (χ1n) is 23.9. The molecule has 1 aromatic heterocycles. The standard InChI is InChI=1S/C63H47NO2/c1-36-12-18-39(19-13-36)48-34-52-56(58-46-8-4-6-10-54(46)65-60(48)58)44-26-24-42(32-50(44)62(52)28-29-62)64(41-22-16-38(3)17-23-41)43-25-27-45-51(33-43)63(30-31-63)53-35-49(40-20-14-37(2)15-21-40)61-59(57(45)53)47-9-5-7-11-55(47)66-61/h4-10,12-27,32-35,55H,11,28-31H2,1-3H3. The number of rotatable bonds is 5. The fourth-order valence-electron chi connectivity index (χ4n) is 12.6. The van der Waals surface area contributed by atoms with E-state index in [1.807, 2.05) is 0 Å². The van der Waals surface area contributed by atoms with Crippen molar-refractivity contribution in [2.45, 2.75) is 69.8 Å². The second kappa shape index (κ2) is 12.9. The van der Waals surface area contributed by atoms with Gasteiger partial charge in [0.15, 0.2) is 0 Å². The summed E-state index contributed by atoms with van der Waals surface area (Å²) in [5, 5.41) is 2.43. The number of para-hydroxylation sites is 1. The number of anilines is 3. The van der Waals surface area contributed by atoms with Gasteiger partial charge in [-0.15, -0.1) is 0 Å². The van der Waals surface area contributed by atoms with Crippen LogP contribution in [0.1, 0.15) is 76.6 Å². The van der Waals surface area contributed by atoms with E-state index in [0.717, 1.165) is 49.0 Å². The summed E-state index contributed by atoms with van der Waals surface area (Å²) in [4.78, 5) is 2.52. The molecule has 15 rings (SSSR count). The molecule has 0 bridgehead atoms. The summed E-state index contributed by atoms with van der Waals surface area (Å²) in [5.74, 6) is 1.05. The van der Waals surface area contributed by atoms with Crippen molar-refractivity contribution in [3.63, 3.8) is 0 Å². The molecule has 0 amide bonds. The quantitative estimate of drug-likeness (QED) is 0.173. The van der Waals surface area contributed by atoms with Crippen LogP contribution >= 0.6 is 0 Å². The molecular weight excluding hydrogens is 803 g/mol. The van der Waals surface area contributed by atoms with E-state index in [0.29, 0.717) is 0 Å². The van der Waals surface area contributed by atoms with Crippen molar-refractivity contribution < 1.29 is 9.15 Å². The van der Waals surface area contributed by atoms with Crippen LogP contribution in [0, 0.1) is 20.8 Å². The monoisotopic (exact) mass is 849 g/mol. The van der Waals surface area contributed by atoms with Gasteiger partial charge < -0.3 is 14.1 Å². The number of hydrogen-bond donors (Lipinski definition) is 0. The van der Waals surface area contributed by atoms with Gasteiger partial charge in [-0.1, -0.05) is 126 Å². The summed E-state index contributed by atoms with van der Waals surface area (Å²) >= 11 is 0. The molecule has 5 aliphatic carbocycles. The highest BCUT2D eigenvalue weighted by Gasteiger charge is 2.56. The van der Waals surface area contributed by atoms with Crippen LogP contribution in [0.2, 0.25) is 0 Å². The number of nitrogens with zero attached hydrogens (tertiary/aromatic N) is 1. The first kappa shape index (κ1) is 36.9. The summed E-state index contributed by atoms with van der Waals surface area (Å²) in [7, 11) is 0. The predicted octanol–water partition coefficient (Wildman–Crippen LogP) is 16.5. The highest BCUT2D eigenvalue weighted by molar-refractivity contribution is 6.19. The van der Waals surface area contributed by atoms with Crippen LogP contribution in [0.3, 0.4) is 0 Å². The Balaban J connectivity index is 0.912. The second-order valence-electron chi connectivity index (χ2n) is 20.1. The van der Waals surface area contributed by atoms with Crippen LogP contribution in [0.25, 0.3) is 72.0 Å². The molecule has 1 unspecified atom stereocenters. The Bertz CT molecular complexity index is 3670. The molecular formula is C63H47NO2. The molecule has 6 aliphatic rings. The minimum Gasteiger partial charge on any atom is -0.484 e. The zero-order valence-corrected chi connectivity index (χ0v) is 37.5. The first-order chi connectivity index (χ1) is 32.4. The van der Waals surface area contributed by atoms with Gasteiger partial charge in [-0.2, -0.15) is 0 Å². The highest BCUT2D eigenvalue weighted by atomic mass is 16.5. The molecule has 2 spiro atoms. The summed E-state index contributed by atoms with van der Waals surface area (Å²) < 4.78 is 13.8. The maximum absolute atomic E-state index is 6.96. The molecule has 316 valence electrons. The Morgan fingerprint density at radius 2 is 1.08 bits per heavy atom. The van der Waals surface area contributed by atoms with Crippen LogP contribution in [0.15, 0.2) is 168 Å². The van der Waals surface area contributed by atoms with Gasteiger partial charge in [0.1, 0.15) is 23.0 Å². The number of benzene rings is 8. The Morgan fingerprint density at radius 1 is 0.515 bits per heavy atom. The van der Waals surface area contributed by atoms with E-state index >= 15 is 0 Å². The van der Waals surface area contributed by atoms with Gasteiger partial charge in [-0.25, -0.2) is 0 Å². The summed E-state index contributed by atoms with van der Waals surface area (Å²) in [5.41, 5.74) is 28.0. The molecule has 8 aromatic carbocycles. The van der Waals surface area contributed by atoms with Crippen molar-refractivity contribution in [2.75, 3.05) is 4.90 Å². The molecule has 1 atom stereocenters. The van der Waals surface area contributed by atoms with Crippen molar-refractivity contribution in [3.05, 3.63) is 208 Å². The van der Waals surface area contributed by atoms with E-state index in [9.17, 15) is 0 Å². The predicted molar refractivity (Wildman–Crippen MR) is 271 cm³/mol. The van der Waals surface area contributed by atoms with Crippen LogP contribution in [0.5, 0.6) is 5.75 Å². The molecule has 0 radical (unpaired) electrons. The zero-order chi connectivity index (χ0) is 43.6. The number of furan rings is 1. The Morgan fingerprint density at radius 3 is 1.73 bits per heavy atom. The van der Waals surface area contributed by atoms with Gasteiger partial charge in [0.2, 0.25) is 0 Å². The Hall–Kier alpha value is -7.36. The van der Waals surface area contributed by atoms with Crippen molar-refractivity contribution in [1.29, 1.82) is 0 Å². The van der Waals surface area contributed by atoms with Crippen LogP contribution in [-0.2, 0) is 10.8 Å². The lowest BCUT2D eigenvalue weighted by Gasteiger charge is -2.28. The summed E-state index contributed by atoms with van der Waals surface area (Å²) in [6.45, 7) is 6.51. The highest BCUT2D eigenvalue weighted by Crippen LogP contribution is 2.69. The molecule has 66 heavy (non-hydrogen) atoms. The Labute approximate surface area is 385 Å². The fraction of sp³-hybridized carbons (Fsp3) is 0.175. The van der Waals surface area contributed by atoms with Crippen LogP contribution in [-0.4, -0.2) is 6.10 Å². The smallest absolute Gasteiger partial charge is 0.143 e. The van der Waals surface area contributed by atoms with Gasteiger partial charge in [0.05, 0.1) is 0 Å². The first-order valence-corrected chi connectivity index (χ1v) is 23.9. The fourth-order valence-corrected chi connectivity index (χ4v) is 12.6. The van der Waals surface area contributed by atoms with Gasteiger partial charge in [-0.3, -0.25) is 0 Å². The maximum atomic E-state index is 6.96. The second-order valence-corrected chi connectivity index (χ2v) is 20.1. The third kappa shape index (κ3) is 4.93. The molecule has 9 aromatic rings. The van der Waals surface area contributed by atoms with Gasteiger partial charge in [0.25, 0.3) is 0 Å². The van der Waals surface area contributed by atoms with E-state index in [2.05, 4.69) is 189 Å². The topological polar surface area (TPSA) is 25.6 Å². The molecule has 0 saturated heterocycles. The maximum Gasteiger partial charge on any atom is 0.143 e. The van der Waals surface area contributed by atoms with Gasteiger partial charge in [-0.05, 0) is 157 Å². The molecule has 2 heterocycles. The molecule has 1 aliphatic heterocycles. The van der Waals surface area contributed by atoms with Crippen molar-refractivity contribution in [2.24, 2.45) is 0 Å². The molecule has 3 heteroatoms. The lowest BCUT2D eigenvalue weighted by molar-refractivity contribution is 0.280. The van der Waals surface area contributed by atoms with E-state index in [-0.39, 0.29) is 16.9 Å². The average Bonchev–Trinajstić information content (AvgIpc) is 4.21. The number of aryl methyl sites for hydroxylation is 3. The van der Waals surface area contributed by atoms with Gasteiger partial charge in [0, 0.05) is 67.3 Å². The van der Waals surface area contributed by atoms with E-state index in [4.69, 9.17) is 9.15 Å². The number of hydrogen-bond acceptors (Lipinski definition) is 3. The van der Waals surface area contributed by atoms with E-state index < -0.39 is 0 Å². The third-order valence-electron chi connectivity index (χ3n) is 16.2. The molecule has 0 N–H and O–H groups in total. The average molecular weight is 850 g/mol.